The Balaban J connectivity index is 1.35. The Hall–Kier alpha value is -2.63. The molecule has 3 aromatic rings. The number of nitrogens with one attached hydrogen (secondary N) is 1. The fraction of sp³-hybridized carbons (Fsp3) is 0.346. The highest BCUT2D eigenvalue weighted by atomic mass is 32.1. The Kier molecular flexibility index (Phi) is 5.79. The van der Waals surface area contributed by atoms with Crippen LogP contribution >= 0.6 is 11.3 Å². The van der Waals surface area contributed by atoms with Gasteiger partial charge in [-0.2, -0.15) is 0 Å². The van der Waals surface area contributed by atoms with Crippen LogP contribution in [-0.4, -0.2) is 43.5 Å². The van der Waals surface area contributed by atoms with Gasteiger partial charge in [0, 0.05) is 47.4 Å². The minimum Gasteiger partial charge on any atom is -0.497 e. The molecular weight excluding hydrogens is 402 g/mol. The van der Waals surface area contributed by atoms with Crippen molar-refractivity contribution in [3.63, 3.8) is 0 Å². The molecule has 0 aliphatic carbocycles. The zero-order valence-electron chi connectivity index (χ0n) is 18.2. The molecule has 1 unspecified atom stereocenters. The Morgan fingerprint density at radius 2 is 2.00 bits per heavy atom. The second-order valence-electron chi connectivity index (χ2n) is 8.42. The fourth-order valence-corrected chi connectivity index (χ4v) is 5.64. The zero-order chi connectivity index (χ0) is 21.2. The lowest BCUT2D eigenvalue weighted by atomic mass is 10.0. The van der Waals surface area contributed by atoms with Crippen molar-refractivity contribution in [1.82, 2.24) is 10.2 Å². The van der Waals surface area contributed by atoms with E-state index in [1.165, 1.54) is 26.4 Å². The first-order chi connectivity index (χ1) is 15.2. The van der Waals surface area contributed by atoms with E-state index in [0.29, 0.717) is 6.04 Å². The Morgan fingerprint density at radius 3 is 2.84 bits per heavy atom. The molecule has 5 heteroatoms. The molecule has 2 aliphatic heterocycles. The lowest BCUT2D eigenvalue weighted by Crippen LogP contribution is -2.52. The molecule has 0 bridgehead atoms. The van der Waals surface area contributed by atoms with E-state index in [1.807, 2.05) is 23.5 Å². The van der Waals surface area contributed by atoms with Crippen molar-refractivity contribution in [2.75, 3.05) is 26.7 Å². The molecule has 4 nitrogen and oxygen atoms in total. The largest absolute Gasteiger partial charge is 0.497 e. The second-order valence-corrected chi connectivity index (χ2v) is 9.76. The van der Waals surface area contributed by atoms with Gasteiger partial charge in [0.1, 0.15) is 11.6 Å². The number of nitrogens with zero attached hydrogens (tertiary/aromatic N) is 2. The SMILES string of the molecule is COc1ccc(CCC2CN(C3=Nc4ccccc4Cc4sc(C)cc43)CCN2)cc1. The van der Waals surface area contributed by atoms with Crippen LogP contribution in [0.25, 0.3) is 0 Å². The minimum absolute atomic E-state index is 0.459. The number of piperazine rings is 1. The lowest BCUT2D eigenvalue weighted by Gasteiger charge is -2.36. The molecule has 0 spiro atoms. The van der Waals surface area contributed by atoms with Crippen LogP contribution in [-0.2, 0) is 12.8 Å². The summed E-state index contributed by atoms with van der Waals surface area (Å²) >= 11 is 1.91. The van der Waals surface area contributed by atoms with E-state index in [9.17, 15) is 0 Å². The molecule has 0 saturated carbocycles. The van der Waals surface area contributed by atoms with Crippen LogP contribution in [0.5, 0.6) is 5.75 Å². The van der Waals surface area contributed by atoms with Gasteiger partial charge in [-0.1, -0.05) is 30.3 Å². The number of hydrogen-bond acceptors (Lipinski definition) is 5. The maximum atomic E-state index is 5.28. The van der Waals surface area contributed by atoms with Crippen molar-refractivity contribution in [2.24, 2.45) is 4.99 Å². The standard InChI is InChI=1S/C26H29N3OS/c1-18-15-23-25(31-18)16-20-5-3-4-6-24(20)28-26(23)29-14-13-27-21(17-29)10-7-19-8-11-22(30-2)12-9-19/h3-6,8-9,11-12,15,21,27H,7,10,13-14,16-17H2,1-2H3. The van der Waals surface area contributed by atoms with Crippen LogP contribution in [0, 0.1) is 6.92 Å². The molecule has 2 aliphatic rings. The molecule has 5 rings (SSSR count). The molecule has 0 radical (unpaired) electrons. The van der Waals surface area contributed by atoms with E-state index in [4.69, 9.17) is 9.73 Å². The van der Waals surface area contributed by atoms with Gasteiger partial charge in [-0.3, -0.25) is 0 Å². The number of fused-ring (bicyclic) bond motifs is 2. The fourth-order valence-electron chi connectivity index (χ4n) is 4.59. The highest BCUT2D eigenvalue weighted by Crippen LogP contribution is 2.34. The molecule has 31 heavy (non-hydrogen) atoms. The van der Waals surface area contributed by atoms with Crippen molar-refractivity contribution in [3.05, 3.63) is 81.0 Å². The number of hydrogen-bond donors (Lipinski definition) is 1. The number of aliphatic imine (C=N–C) groups is 1. The summed E-state index contributed by atoms with van der Waals surface area (Å²) < 4.78 is 5.28. The second kappa shape index (κ2) is 8.85. The molecule has 1 atom stereocenters. The number of amidine groups is 1. The first kappa shape index (κ1) is 20.3. The summed E-state index contributed by atoms with van der Waals surface area (Å²) in [5, 5.41) is 3.73. The average molecular weight is 432 g/mol. The molecular formula is C26H29N3OS. The van der Waals surface area contributed by atoms with Crippen LogP contribution in [0.1, 0.15) is 32.9 Å². The summed E-state index contributed by atoms with van der Waals surface area (Å²) in [6, 6.07) is 19.8. The van der Waals surface area contributed by atoms with Gasteiger partial charge in [0.05, 0.1) is 12.8 Å². The number of benzene rings is 2. The Morgan fingerprint density at radius 1 is 1.16 bits per heavy atom. The molecule has 1 fully saturated rings. The predicted molar refractivity (Wildman–Crippen MR) is 129 cm³/mol. The molecule has 2 aromatic carbocycles. The van der Waals surface area contributed by atoms with Gasteiger partial charge in [0.15, 0.2) is 0 Å². The summed E-state index contributed by atoms with van der Waals surface area (Å²) in [7, 11) is 1.71. The van der Waals surface area contributed by atoms with Gasteiger partial charge in [-0.15, -0.1) is 11.3 Å². The molecule has 3 heterocycles. The van der Waals surface area contributed by atoms with E-state index in [0.717, 1.165) is 56.2 Å². The van der Waals surface area contributed by atoms with Gasteiger partial charge in [0.25, 0.3) is 0 Å². The molecule has 1 saturated heterocycles. The normalized spacial score (nSPS) is 18.1. The number of para-hydroxylation sites is 1. The van der Waals surface area contributed by atoms with Crippen molar-refractivity contribution in [2.45, 2.75) is 32.2 Å². The number of ether oxygens (including phenoxy) is 1. The van der Waals surface area contributed by atoms with Crippen molar-refractivity contribution in [1.29, 1.82) is 0 Å². The third kappa shape index (κ3) is 4.39. The van der Waals surface area contributed by atoms with E-state index in [2.05, 4.69) is 59.6 Å². The van der Waals surface area contributed by atoms with E-state index in [1.54, 1.807) is 7.11 Å². The third-order valence-electron chi connectivity index (χ3n) is 6.24. The van der Waals surface area contributed by atoms with Crippen molar-refractivity contribution in [3.8, 4) is 5.75 Å². The first-order valence-corrected chi connectivity index (χ1v) is 11.9. The highest BCUT2D eigenvalue weighted by Gasteiger charge is 2.27. The van der Waals surface area contributed by atoms with Crippen molar-refractivity contribution >= 4 is 22.9 Å². The number of methoxy groups -OCH3 is 1. The number of thiophene rings is 1. The number of rotatable bonds is 4. The third-order valence-corrected chi connectivity index (χ3v) is 7.29. The number of aryl methyl sites for hydroxylation is 2. The molecule has 1 aromatic heterocycles. The zero-order valence-corrected chi connectivity index (χ0v) is 19.0. The Labute approximate surface area is 188 Å². The van der Waals surface area contributed by atoms with Gasteiger partial charge in [-0.05, 0) is 55.2 Å². The van der Waals surface area contributed by atoms with Gasteiger partial charge in [0.2, 0.25) is 0 Å². The highest BCUT2D eigenvalue weighted by molar-refractivity contribution is 7.12. The van der Waals surface area contributed by atoms with Gasteiger partial charge >= 0.3 is 0 Å². The van der Waals surface area contributed by atoms with Gasteiger partial charge < -0.3 is 15.0 Å². The maximum Gasteiger partial charge on any atom is 0.137 e. The monoisotopic (exact) mass is 431 g/mol. The quantitative estimate of drug-likeness (QED) is 0.635. The predicted octanol–water partition coefficient (Wildman–Crippen LogP) is 4.95. The summed E-state index contributed by atoms with van der Waals surface area (Å²) in [5.74, 6) is 2.07. The molecule has 160 valence electrons. The van der Waals surface area contributed by atoms with E-state index < -0.39 is 0 Å². The summed E-state index contributed by atoms with van der Waals surface area (Å²) in [6.45, 7) is 5.18. The molecule has 1 N–H and O–H groups in total. The first-order valence-electron chi connectivity index (χ1n) is 11.1. The summed E-state index contributed by atoms with van der Waals surface area (Å²) in [5.41, 5.74) is 5.13. The average Bonchev–Trinajstić information content (AvgIpc) is 3.09. The van der Waals surface area contributed by atoms with Crippen LogP contribution in [0.4, 0.5) is 5.69 Å². The van der Waals surface area contributed by atoms with Gasteiger partial charge in [-0.25, -0.2) is 4.99 Å². The maximum absolute atomic E-state index is 5.28. The van der Waals surface area contributed by atoms with E-state index in [-0.39, 0.29) is 0 Å². The topological polar surface area (TPSA) is 36.9 Å². The lowest BCUT2D eigenvalue weighted by molar-refractivity contribution is 0.282. The van der Waals surface area contributed by atoms with Crippen LogP contribution < -0.4 is 10.1 Å². The Bertz CT molecular complexity index is 1090. The van der Waals surface area contributed by atoms with Crippen LogP contribution in [0.3, 0.4) is 0 Å². The summed E-state index contributed by atoms with van der Waals surface area (Å²) in [6.07, 6.45) is 3.15. The van der Waals surface area contributed by atoms with E-state index >= 15 is 0 Å². The van der Waals surface area contributed by atoms with Crippen molar-refractivity contribution < 1.29 is 4.74 Å². The molecule has 0 amide bonds. The smallest absolute Gasteiger partial charge is 0.137 e. The summed E-state index contributed by atoms with van der Waals surface area (Å²) in [4.78, 5) is 10.5. The minimum atomic E-state index is 0.459. The van der Waals surface area contributed by atoms with Crippen LogP contribution in [0.2, 0.25) is 0 Å². The van der Waals surface area contributed by atoms with Crippen LogP contribution in [0.15, 0.2) is 59.6 Å².